The van der Waals surface area contributed by atoms with E-state index in [0.29, 0.717) is 11.6 Å². The molecule has 3 nitrogen and oxygen atoms in total. The molecule has 0 saturated carbocycles. The van der Waals surface area contributed by atoms with E-state index in [4.69, 9.17) is 21.1 Å². The Bertz CT molecular complexity index is 430. The SMILES string of the molecule is O=C1OCC[C@H]2c3cc(Cl)ccc3O[C@@H]12. The molecule has 0 amide bonds. The Hall–Kier alpha value is -1.22. The Balaban J connectivity index is 2.05. The van der Waals surface area contributed by atoms with Gasteiger partial charge in [0.2, 0.25) is 6.10 Å². The summed E-state index contributed by atoms with van der Waals surface area (Å²) < 4.78 is 10.5. The van der Waals surface area contributed by atoms with Gasteiger partial charge >= 0.3 is 5.97 Å². The van der Waals surface area contributed by atoms with Gasteiger partial charge in [-0.3, -0.25) is 0 Å². The van der Waals surface area contributed by atoms with E-state index in [0.717, 1.165) is 17.7 Å². The Kier molecular flexibility index (Phi) is 1.89. The van der Waals surface area contributed by atoms with Gasteiger partial charge in [-0.05, 0) is 24.6 Å². The zero-order valence-corrected chi connectivity index (χ0v) is 8.66. The number of ether oxygens (including phenoxy) is 2. The first-order valence-corrected chi connectivity index (χ1v) is 5.26. The predicted molar refractivity (Wildman–Crippen MR) is 54.2 cm³/mol. The van der Waals surface area contributed by atoms with Crippen LogP contribution in [0.3, 0.4) is 0 Å². The monoisotopic (exact) mass is 224 g/mol. The van der Waals surface area contributed by atoms with Gasteiger partial charge in [0, 0.05) is 16.5 Å². The third kappa shape index (κ3) is 1.30. The van der Waals surface area contributed by atoms with Crippen LogP contribution in [-0.2, 0) is 9.53 Å². The van der Waals surface area contributed by atoms with Crippen molar-refractivity contribution in [3.8, 4) is 5.75 Å². The van der Waals surface area contributed by atoms with Crippen LogP contribution in [0.2, 0.25) is 5.02 Å². The molecule has 2 aliphatic heterocycles. The van der Waals surface area contributed by atoms with Crippen LogP contribution in [0.25, 0.3) is 0 Å². The highest BCUT2D eigenvalue weighted by molar-refractivity contribution is 6.30. The van der Waals surface area contributed by atoms with Gasteiger partial charge in [0.25, 0.3) is 0 Å². The maximum absolute atomic E-state index is 11.4. The molecule has 2 aliphatic rings. The molecule has 0 unspecified atom stereocenters. The molecule has 0 aliphatic carbocycles. The van der Waals surface area contributed by atoms with Crippen molar-refractivity contribution in [1.29, 1.82) is 0 Å². The Morgan fingerprint density at radius 1 is 1.40 bits per heavy atom. The summed E-state index contributed by atoms with van der Waals surface area (Å²) in [6.07, 6.45) is 0.344. The Morgan fingerprint density at radius 3 is 3.13 bits per heavy atom. The molecule has 0 aromatic heterocycles. The highest BCUT2D eigenvalue weighted by atomic mass is 35.5. The zero-order valence-electron chi connectivity index (χ0n) is 7.90. The molecule has 0 spiro atoms. The largest absolute Gasteiger partial charge is 0.478 e. The van der Waals surface area contributed by atoms with E-state index in [9.17, 15) is 4.79 Å². The molecule has 1 aromatic rings. The minimum atomic E-state index is -0.466. The number of halogens is 1. The molecular formula is C11H9ClO3. The van der Waals surface area contributed by atoms with Crippen LogP contribution in [-0.4, -0.2) is 18.7 Å². The summed E-state index contributed by atoms with van der Waals surface area (Å²) in [6, 6.07) is 5.45. The smallest absolute Gasteiger partial charge is 0.347 e. The Morgan fingerprint density at radius 2 is 2.27 bits per heavy atom. The van der Waals surface area contributed by atoms with Crippen LogP contribution in [0, 0.1) is 0 Å². The van der Waals surface area contributed by atoms with Gasteiger partial charge in [-0.15, -0.1) is 0 Å². The highest BCUT2D eigenvalue weighted by Gasteiger charge is 2.43. The van der Waals surface area contributed by atoms with Crippen LogP contribution in [0.15, 0.2) is 18.2 Å². The molecule has 1 aromatic carbocycles. The van der Waals surface area contributed by atoms with E-state index in [1.54, 1.807) is 6.07 Å². The number of carbonyl (C=O) groups excluding carboxylic acids is 1. The van der Waals surface area contributed by atoms with Crippen molar-refractivity contribution in [3.05, 3.63) is 28.8 Å². The van der Waals surface area contributed by atoms with Crippen molar-refractivity contribution < 1.29 is 14.3 Å². The fourth-order valence-electron chi connectivity index (χ4n) is 2.19. The van der Waals surface area contributed by atoms with Gasteiger partial charge in [0.1, 0.15) is 5.75 Å². The van der Waals surface area contributed by atoms with E-state index >= 15 is 0 Å². The van der Waals surface area contributed by atoms with E-state index in [-0.39, 0.29) is 11.9 Å². The number of fused-ring (bicyclic) bond motifs is 3. The van der Waals surface area contributed by atoms with Crippen molar-refractivity contribution in [2.75, 3.05) is 6.61 Å². The lowest BCUT2D eigenvalue weighted by molar-refractivity contribution is -0.156. The average Bonchev–Trinajstić information content (AvgIpc) is 2.58. The number of rotatable bonds is 0. The number of hydrogen-bond donors (Lipinski definition) is 0. The summed E-state index contributed by atoms with van der Waals surface area (Å²) >= 11 is 5.92. The first-order valence-electron chi connectivity index (χ1n) is 4.88. The summed E-state index contributed by atoms with van der Waals surface area (Å²) in [5, 5.41) is 0.678. The lowest BCUT2D eigenvalue weighted by Gasteiger charge is -2.22. The second-order valence-electron chi connectivity index (χ2n) is 3.78. The first kappa shape index (κ1) is 9.04. The molecule has 3 rings (SSSR count). The van der Waals surface area contributed by atoms with Gasteiger partial charge in [0.05, 0.1) is 6.61 Å². The second kappa shape index (κ2) is 3.14. The van der Waals surface area contributed by atoms with Gasteiger partial charge in [0.15, 0.2) is 0 Å². The standard InChI is InChI=1S/C11H9ClO3/c12-6-1-2-9-8(5-6)7-3-4-14-11(13)10(7)15-9/h1-2,5,7,10H,3-4H2/t7-,10+/m0/s1. The van der Waals surface area contributed by atoms with E-state index in [1.165, 1.54) is 0 Å². The second-order valence-corrected chi connectivity index (χ2v) is 4.22. The lowest BCUT2D eigenvalue weighted by atomic mass is 9.91. The molecule has 0 bridgehead atoms. The molecule has 15 heavy (non-hydrogen) atoms. The van der Waals surface area contributed by atoms with Gasteiger partial charge in [-0.2, -0.15) is 0 Å². The quantitative estimate of drug-likeness (QED) is 0.634. The topological polar surface area (TPSA) is 35.5 Å². The van der Waals surface area contributed by atoms with Crippen LogP contribution >= 0.6 is 11.6 Å². The highest BCUT2D eigenvalue weighted by Crippen LogP contribution is 2.43. The molecule has 0 N–H and O–H groups in total. The van der Waals surface area contributed by atoms with Crippen molar-refractivity contribution in [1.82, 2.24) is 0 Å². The molecule has 1 fully saturated rings. The van der Waals surface area contributed by atoms with Gasteiger partial charge < -0.3 is 9.47 Å². The van der Waals surface area contributed by atoms with Crippen molar-refractivity contribution >= 4 is 17.6 Å². The molecule has 78 valence electrons. The van der Waals surface area contributed by atoms with E-state index in [2.05, 4.69) is 0 Å². The molecule has 4 heteroatoms. The fourth-order valence-corrected chi connectivity index (χ4v) is 2.37. The summed E-state index contributed by atoms with van der Waals surface area (Å²) in [5.41, 5.74) is 1.03. The predicted octanol–water partition coefficient (Wildman–Crippen LogP) is 2.13. The average molecular weight is 225 g/mol. The van der Waals surface area contributed by atoms with Crippen LogP contribution in [0.5, 0.6) is 5.75 Å². The minimum absolute atomic E-state index is 0.111. The third-order valence-electron chi connectivity index (χ3n) is 2.90. The van der Waals surface area contributed by atoms with Gasteiger partial charge in [-0.25, -0.2) is 4.79 Å². The normalized spacial score (nSPS) is 27.7. The van der Waals surface area contributed by atoms with Crippen molar-refractivity contribution in [3.63, 3.8) is 0 Å². The molecule has 0 radical (unpaired) electrons. The van der Waals surface area contributed by atoms with Gasteiger partial charge in [-0.1, -0.05) is 11.6 Å². The van der Waals surface area contributed by atoms with Crippen molar-refractivity contribution in [2.24, 2.45) is 0 Å². The number of hydrogen-bond acceptors (Lipinski definition) is 3. The minimum Gasteiger partial charge on any atom is -0.478 e. The van der Waals surface area contributed by atoms with Crippen LogP contribution in [0.4, 0.5) is 0 Å². The van der Waals surface area contributed by atoms with Crippen LogP contribution in [0.1, 0.15) is 17.9 Å². The number of carbonyl (C=O) groups is 1. The summed E-state index contributed by atoms with van der Waals surface area (Å²) in [4.78, 5) is 11.4. The summed E-state index contributed by atoms with van der Waals surface area (Å²) in [6.45, 7) is 0.468. The summed E-state index contributed by atoms with van der Waals surface area (Å²) in [7, 11) is 0. The number of esters is 1. The number of benzene rings is 1. The molecule has 1 saturated heterocycles. The third-order valence-corrected chi connectivity index (χ3v) is 3.13. The number of cyclic esters (lactones) is 1. The first-order chi connectivity index (χ1) is 7.25. The maximum atomic E-state index is 11.4. The zero-order chi connectivity index (χ0) is 10.4. The van der Waals surface area contributed by atoms with E-state index in [1.807, 2.05) is 12.1 Å². The molecule has 2 heterocycles. The maximum Gasteiger partial charge on any atom is 0.347 e. The molecular weight excluding hydrogens is 216 g/mol. The fraction of sp³-hybridized carbons (Fsp3) is 0.364. The molecule has 2 atom stereocenters. The van der Waals surface area contributed by atoms with Crippen LogP contribution < -0.4 is 4.74 Å². The summed E-state index contributed by atoms with van der Waals surface area (Å²) in [5.74, 6) is 0.603. The van der Waals surface area contributed by atoms with E-state index < -0.39 is 6.10 Å². The Labute approximate surface area is 91.9 Å². The van der Waals surface area contributed by atoms with Crippen molar-refractivity contribution in [2.45, 2.75) is 18.4 Å². The lowest BCUT2D eigenvalue weighted by Crippen LogP contribution is -2.36.